The predicted octanol–water partition coefficient (Wildman–Crippen LogP) is 8.06. The number of hydrogen-bond donors (Lipinski definition) is 0. The van der Waals surface area contributed by atoms with Crippen LogP contribution in [0.5, 0.6) is 0 Å². The second-order valence-electron chi connectivity index (χ2n) is 9.00. The van der Waals surface area contributed by atoms with Crippen molar-refractivity contribution in [2.45, 2.75) is 19.3 Å². The molecular weight excluding hydrogens is 464 g/mol. The van der Waals surface area contributed by atoms with Crippen molar-refractivity contribution in [3.63, 3.8) is 0 Å². The zero-order chi connectivity index (χ0) is 26.2. The van der Waals surface area contributed by atoms with Crippen LogP contribution in [0.25, 0.3) is 11.1 Å². The molecule has 0 aliphatic heterocycles. The summed E-state index contributed by atoms with van der Waals surface area (Å²) in [6.07, 6.45) is 11.0. The average Bonchev–Trinajstić information content (AvgIpc) is 3.36. The van der Waals surface area contributed by atoms with E-state index in [1.165, 1.54) is 58.1 Å². The van der Waals surface area contributed by atoms with Crippen LogP contribution in [0.1, 0.15) is 22.3 Å². The van der Waals surface area contributed by atoms with Crippen molar-refractivity contribution in [2.75, 3.05) is 4.90 Å². The van der Waals surface area contributed by atoms with Crippen LogP contribution in [0.4, 0.5) is 17.1 Å². The lowest BCUT2D eigenvalue weighted by Crippen LogP contribution is -2.14. The van der Waals surface area contributed by atoms with Crippen molar-refractivity contribution in [2.24, 2.45) is 0 Å². The summed E-state index contributed by atoms with van der Waals surface area (Å²) in [7, 11) is 0. The summed E-state index contributed by atoms with van der Waals surface area (Å²) >= 11 is 0. The van der Waals surface area contributed by atoms with E-state index in [0.717, 1.165) is 30.6 Å². The molecule has 0 fully saturated rings. The second kappa shape index (κ2) is 11.9. The fraction of sp³-hybridized carbons (Fsp3) is 0.0882. The van der Waals surface area contributed by atoms with E-state index >= 15 is 0 Å². The predicted molar refractivity (Wildman–Crippen MR) is 157 cm³/mol. The van der Waals surface area contributed by atoms with Gasteiger partial charge in [-0.05, 0) is 83.0 Å². The van der Waals surface area contributed by atoms with E-state index in [4.69, 9.17) is 0 Å². The van der Waals surface area contributed by atoms with Crippen molar-refractivity contribution in [1.29, 1.82) is 0 Å². The first-order valence-corrected chi connectivity index (χ1v) is 12.7. The van der Waals surface area contributed by atoms with Crippen LogP contribution in [0.15, 0.2) is 135 Å². The first kappa shape index (κ1) is 24.8. The Morgan fingerprint density at radius 3 is 1.71 bits per heavy atom. The van der Waals surface area contributed by atoms with Crippen molar-refractivity contribution in [3.8, 4) is 11.1 Å². The maximum absolute atomic E-state index is 4.09. The van der Waals surface area contributed by atoms with Crippen molar-refractivity contribution < 1.29 is 0 Å². The molecule has 1 heterocycles. The Morgan fingerprint density at radius 1 is 0.632 bits per heavy atom. The summed E-state index contributed by atoms with van der Waals surface area (Å²) in [6, 6.07) is 32.5. The van der Waals surface area contributed by atoms with E-state index in [1.54, 1.807) is 0 Å². The first-order valence-electron chi connectivity index (χ1n) is 12.7. The Labute approximate surface area is 224 Å². The summed E-state index contributed by atoms with van der Waals surface area (Å²) in [5.74, 6) is 0. The van der Waals surface area contributed by atoms with Gasteiger partial charge in [-0.15, -0.1) is 13.2 Å². The van der Waals surface area contributed by atoms with Crippen LogP contribution in [-0.2, 0) is 19.3 Å². The van der Waals surface area contributed by atoms with Crippen LogP contribution in [0, 0.1) is 0 Å². The number of hydrogen-bond acceptors (Lipinski definition) is 4. The molecule has 0 bridgehead atoms. The highest BCUT2D eigenvalue weighted by Crippen LogP contribution is 2.46. The summed E-state index contributed by atoms with van der Waals surface area (Å²) in [6.45, 7) is 8.18. The molecule has 0 saturated heterocycles. The summed E-state index contributed by atoms with van der Waals surface area (Å²) in [5.41, 5.74) is 11.8. The molecule has 0 radical (unpaired) electrons. The van der Waals surface area contributed by atoms with Crippen molar-refractivity contribution >= 4 is 17.1 Å². The van der Waals surface area contributed by atoms with Crippen LogP contribution < -0.4 is 4.90 Å². The van der Waals surface area contributed by atoms with Gasteiger partial charge in [0.1, 0.15) is 19.0 Å². The van der Waals surface area contributed by atoms with Gasteiger partial charge in [-0.1, -0.05) is 72.8 Å². The highest BCUT2D eigenvalue weighted by molar-refractivity contribution is 5.87. The molecule has 186 valence electrons. The lowest BCUT2D eigenvalue weighted by atomic mass is 9.90. The molecular formula is C34H30N4. The Bertz CT molecular complexity index is 1450. The lowest BCUT2D eigenvalue weighted by Gasteiger charge is -2.30. The van der Waals surface area contributed by atoms with E-state index in [0.29, 0.717) is 0 Å². The van der Waals surface area contributed by atoms with Gasteiger partial charge in [-0.3, -0.25) is 0 Å². The van der Waals surface area contributed by atoms with E-state index in [1.807, 2.05) is 12.2 Å². The standard InChI is InChI=1S/C31H27N.C3H3N3/c1-3-13-27-28(14-4-2)31(22-30-26-20-12-11-15-23(26)21-29(27)30)32(24-16-7-5-8-17-24)25-18-9-6-10-19-25;1-4-2-6-3-5-1/h3-12,15-20,22H,1-2,13-14,21H2;1-3H. The van der Waals surface area contributed by atoms with Gasteiger partial charge in [0.05, 0.1) is 5.69 Å². The average molecular weight is 495 g/mol. The molecule has 4 heteroatoms. The Hall–Kier alpha value is -4.83. The smallest absolute Gasteiger partial charge is 0.119 e. The number of allylic oxidation sites excluding steroid dienone is 2. The second-order valence-corrected chi connectivity index (χ2v) is 9.00. The third kappa shape index (κ3) is 5.16. The van der Waals surface area contributed by atoms with Crippen LogP contribution in [0.3, 0.4) is 0 Å². The first-order chi connectivity index (χ1) is 18.8. The van der Waals surface area contributed by atoms with E-state index in [-0.39, 0.29) is 0 Å². The topological polar surface area (TPSA) is 41.9 Å². The number of aromatic nitrogens is 3. The molecule has 38 heavy (non-hydrogen) atoms. The van der Waals surface area contributed by atoms with Crippen molar-refractivity contribution in [1.82, 2.24) is 15.0 Å². The van der Waals surface area contributed by atoms with Gasteiger partial charge in [0.15, 0.2) is 0 Å². The van der Waals surface area contributed by atoms with Gasteiger partial charge in [0, 0.05) is 11.4 Å². The number of fused-ring (bicyclic) bond motifs is 3. The number of anilines is 3. The monoisotopic (exact) mass is 494 g/mol. The van der Waals surface area contributed by atoms with E-state index in [9.17, 15) is 0 Å². The van der Waals surface area contributed by atoms with Crippen LogP contribution >= 0.6 is 0 Å². The Morgan fingerprint density at radius 2 is 1.16 bits per heavy atom. The van der Waals surface area contributed by atoms with Gasteiger partial charge in [-0.25, -0.2) is 15.0 Å². The van der Waals surface area contributed by atoms with E-state index < -0.39 is 0 Å². The molecule has 0 saturated carbocycles. The maximum Gasteiger partial charge on any atom is 0.119 e. The van der Waals surface area contributed by atoms with Gasteiger partial charge in [0.2, 0.25) is 0 Å². The molecule has 0 unspecified atom stereocenters. The zero-order valence-corrected chi connectivity index (χ0v) is 21.4. The third-order valence-electron chi connectivity index (χ3n) is 6.69. The molecule has 0 N–H and O–H groups in total. The molecule has 6 rings (SSSR count). The molecule has 1 aliphatic carbocycles. The fourth-order valence-corrected chi connectivity index (χ4v) is 5.13. The highest BCUT2D eigenvalue weighted by atomic mass is 15.1. The minimum absolute atomic E-state index is 0.818. The molecule has 5 aromatic rings. The Balaban J connectivity index is 0.000000433. The van der Waals surface area contributed by atoms with Crippen LogP contribution in [0.2, 0.25) is 0 Å². The molecule has 0 spiro atoms. The van der Waals surface area contributed by atoms with E-state index in [2.05, 4.69) is 124 Å². The molecule has 4 nitrogen and oxygen atoms in total. The van der Waals surface area contributed by atoms with Crippen molar-refractivity contribution in [3.05, 3.63) is 158 Å². The number of benzene rings is 4. The lowest BCUT2D eigenvalue weighted by molar-refractivity contribution is 1.05. The molecule has 1 aromatic heterocycles. The minimum Gasteiger partial charge on any atom is -0.310 e. The normalized spacial score (nSPS) is 10.9. The molecule has 0 amide bonds. The molecule has 1 aliphatic rings. The minimum atomic E-state index is 0.818. The van der Waals surface area contributed by atoms with Gasteiger partial charge < -0.3 is 4.90 Å². The summed E-state index contributed by atoms with van der Waals surface area (Å²) in [5, 5.41) is 0. The zero-order valence-electron chi connectivity index (χ0n) is 21.4. The largest absolute Gasteiger partial charge is 0.310 e. The SMILES string of the molecule is C=CCc1c(N(c2ccccc2)c2ccccc2)cc2c(c1CC=C)Cc1ccccc1-2.c1ncncn1. The van der Waals surface area contributed by atoms with Gasteiger partial charge >= 0.3 is 0 Å². The molecule has 4 aromatic carbocycles. The quantitative estimate of drug-likeness (QED) is 0.211. The highest BCUT2D eigenvalue weighted by Gasteiger charge is 2.27. The third-order valence-corrected chi connectivity index (χ3v) is 6.69. The summed E-state index contributed by atoms with van der Waals surface area (Å²) in [4.78, 5) is 13.1. The fourth-order valence-electron chi connectivity index (χ4n) is 5.13. The maximum atomic E-state index is 4.09. The van der Waals surface area contributed by atoms with Gasteiger partial charge in [0.25, 0.3) is 0 Å². The number of nitrogens with zero attached hydrogens (tertiary/aromatic N) is 4. The number of para-hydroxylation sites is 2. The Kier molecular flexibility index (Phi) is 7.80. The molecule has 0 atom stereocenters. The summed E-state index contributed by atoms with van der Waals surface area (Å²) < 4.78 is 0. The van der Waals surface area contributed by atoms with Gasteiger partial charge in [-0.2, -0.15) is 0 Å². The number of rotatable bonds is 7. The van der Waals surface area contributed by atoms with Crippen LogP contribution in [-0.4, -0.2) is 15.0 Å².